The maximum atomic E-state index is 11.3. The third-order valence-electron chi connectivity index (χ3n) is 1.97. The van der Waals surface area contributed by atoms with E-state index in [1.807, 2.05) is 0 Å². The molecule has 1 aliphatic heterocycles. The van der Waals surface area contributed by atoms with Gasteiger partial charge >= 0.3 is 0 Å². The molecule has 0 atom stereocenters. The van der Waals surface area contributed by atoms with Crippen LogP contribution in [0.3, 0.4) is 0 Å². The number of halogens is 1. The summed E-state index contributed by atoms with van der Waals surface area (Å²) in [6.45, 7) is 1.65. The number of aromatic nitrogens is 1. The largest absolute Gasteiger partial charge is 0.618 e. The highest BCUT2D eigenvalue weighted by Gasteiger charge is 2.20. The highest BCUT2D eigenvalue weighted by atomic mass is 35.5. The highest BCUT2D eigenvalue weighted by Crippen LogP contribution is 2.25. The molecule has 0 saturated carbocycles. The van der Waals surface area contributed by atoms with E-state index < -0.39 is 6.29 Å². The van der Waals surface area contributed by atoms with Gasteiger partial charge in [-0.05, 0) is 6.07 Å². The summed E-state index contributed by atoms with van der Waals surface area (Å²) in [4.78, 5) is 0. The first-order chi connectivity index (χ1) is 6.68. The van der Waals surface area contributed by atoms with Crippen molar-refractivity contribution < 1.29 is 14.2 Å². The molecule has 74 valence electrons. The molecular weight excluding hydrogens is 206 g/mol. The lowest BCUT2D eigenvalue weighted by Gasteiger charge is -2.11. The van der Waals surface area contributed by atoms with E-state index in [0.29, 0.717) is 21.0 Å². The van der Waals surface area contributed by atoms with E-state index in [1.165, 1.54) is 18.7 Å². The standard InChI is InChI=1S/C9H8ClNO3/c1-6-8(10)4-7(5-11(6)12)9-13-2-3-14-9/h2-5,9H,1H3. The number of hydrogen-bond acceptors (Lipinski definition) is 3. The van der Waals surface area contributed by atoms with Gasteiger partial charge in [-0.2, -0.15) is 4.73 Å². The fourth-order valence-electron chi connectivity index (χ4n) is 1.15. The molecule has 0 saturated heterocycles. The first-order valence-corrected chi connectivity index (χ1v) is 4.41. The van der Waals surface area contributed by atoms with Crippen molar-refractivity contribution in [3.63, 3.8) is 0 Å². The van der Waals surface area contributed by atoms with Crippen molar-refractivity contribution in [2.24, 2.45) is 0 Å². The Morgan fingerprint density at radius 3 is 2.64 bits per heavy atom. The molecule has 0 unspecified atom stereocenters. The summed E-state index contributed by atoms with van der Waals surface area (Å²) in [6.07, 6.45) is 3.67. The van der Waals surface area contributed by atoms with Crippen molar-refractivity contribution in [1.29, 1.82) is 0 Å². The average Bonchev–Trinajstić information content (AvgIpc) is 2.66. The fraction of sp³-hybridized carbons (Fsp3) is 0.222. The Balaban J connectivity index is 2.35. The van der Waals surface area contributed by atoms with Crippen molar-refractivity contribution in [2.45, 2.75) is 13.2 Å². The zero-order chi connectivity index (χ0) is 10.1. The summed E-state index contributed by atoms with van der Waals surface area (Å²) in [6, 6.07) is 1.66. The van der Waals surface area contributed by atoms with Gasteiger partial charge in [0.05, 0.1) is 5.56 Å². The number of nitrogens with zero attached hydrogens (tertiary/aromatic N) is 1. The number of rotatable bonds is 1. The van der Waals surface area contributed by atoms with E-state index >= 15 is 0 Å². The molecule has 0 bridgehead atoms. The molecule has 0 spiro atoms. The van der Waals surface area contributed by atoms with Crippen LogP contribution in [-0.4, -0.2) is 0 Å². The molecule has 0 radical (unpaired) electrons. The summed E-state index contributed by atoms with van der Waals surface area (Å²) >= 11 is 5.85. The van der Waals surface area contributed by atoms with Crippen LogP contribution < -0.4 is 4.73 Å². The van der Waals surface area contributed by atoms with Crippen LogP contribution in [0.2, 0.25) is 5.02 Å². The second-order valence-corrected chi connectivity index (χ2v) is 3.32. The van der Waals surface area contributed by atoms with E-state index in [4.69, 9.17) is 21.1 Å². The molecular formula is C9H8ClNO3. The Labute approximate surface area is 85.9 Å². The molecule has 1 aliphatic rings. The van der Waals surface area contributed by atoms with Crippen molar-refractivity contribution in [3.8, 4) is 0 Å². The summed E-state index contributed by atoms with van der Waals surface area (Å²) in [5.74, 6) is 0. The molecule has 0 fully saturated rings. The smallest absolute Gasteiger partial charge is 0.272 e. The Hall–Kier alpha value is -1.42. The molecule has 0 aromatic carbocycles. The minimum absolute atomic E-state index is 0.400. The second kappa shape index (κ2) is 3.38. The lowest BCUT2D eigenvalue weighted by atomic mass is 10.2. The van der Waals surface area contributed by atoms with Gasteiger partial charge in [0, 0.05) is 6.92 Å². The van der Waals surface area contributed by atoms with E-state index in [9.17, 15) is 5.21 Å². The first-order valence-electron chi connectivity index (χ1n) is 4.03. The van der Waals surface area contributed by atoms with Crippen LogP contribution in [0.5, 0.6) is 0 Å². The van der Waals surface area contributed by atoms with E-state index in [0.717, 1.165) is 0 Å². The first kappa shape index (κ1) is 9.15. The van der Waals surface area contributed by atoms with Gasteiger partial charge < -0.3 is 14.7 Å². The minimum atomic E-state index is -0.562. The maximum absolute atomic E-state index is 11.3. The van der Waals surface area contributed by atoms with Gasteiger partial charge in [0.25, 0.3) is 6.29 Å². The lowest BCUT2D eigenvalue weighted by Crippen LogP contribution is -2.31. The van der Waals surface area contributed by atoms with Crippen LogP contribution in [0.1, 0.15) is 17.5 Å². The second-order valence-electron chi connectivity index (χ2n) is 2.91. The van der Waals surface area contributed by atoms with Gasteiger partial charge in [0.1, 0.15) is 17.5 Å². The maximum Gasteiger partial charge on any atom is 0.272 e. The zero-order valence-electron chi connectivity index (χ0n) is 7.44. The lowest BCUT2D eigenvalue weighted by molar-refractivity contribution is -0.613. The SMILES string of the molecule is Cc1c(Cl)cc(C2OC=CO2)c[n+]1[O-]. The summed E-state index contributed by atoms with van der Waals surface area (Å²) < 4.78 is 10.8. The quantitative estimate of drug-likeness (QED) is 0.528. The molecule has 2 rings (SSSR count). The van der Waals surface area contributed by atoms with Crippen molar-refractivity contribution in [2.75, 3.05) is 0 Å². The van der Waals surface area contributed by atoms with Gasteiger partial charge in [-0.15, -0.1) is 0 Å². The van der Waals surface area contributed by atoms with Crippen LogP contribution in [-0.2, 0) is 9.47 Å². The molecule has 0 aliphatic carbocycles. The van der Waals surface area contributed by atoms with Crippen molar-refractivity contribution in [1.82, 2.24) is 0 Å². The Morgan fingerprint density at radius 1 is 1.43 bits per heavy atom. The molecule has 0 amide bonds. The van der Waals surface area contributed by atoms with Crippen LogP contribution in [0.4, 0.5) is 0 Å². The molecule has 5 heteroatoms. The molecule has 2 heterocycles. The van der Waals surface area contributed by atoms with Gasteiger partial charge in [0.15, 0.2) is 6.20 Å². The van der Waals surface area contributed by atoms with Crippen molar-refractivity contribution in [3.05, 3.63) is 46.3 Å². The minimum Gasteiger partial charge on any atom is -0.618 e. The monoisotopic (exact) mass is 213 g/mol. The Kier molecular flexibility index (Phi) is 2.21. The molecule has 4 nitrogen and oxygen atoms in total. The van der Waals surface area contributed by atoms with E-state index in [2.05, 4.69) is 0 Å². The molecule has 1 aromatic rings. The Morgan fingerprint density at radius 2 is 2.07 bits per heavy atom. The van der Waals surface area contributed by atoms with Crippen LogP contribution in [0.25, 0.3) is 0 Å². The molecule has 14 heavy (non-hydrogen) atoms. The van der Waals surface area contributed by atoms with E-state index in [1.54, 1.807) is 13.0 Å². The fourth-order valence-corrected chi connectivity index (χ4v) is 1.36. The summed E-state index contributed by atoms with van der Waals surface area (Å²) in [7, 11) is 0. The van der Waals surface area contributed by atoms with Gasteiger partial charge in [0.2, 0.25) is 5.69 Å². The number of pyridine rings is 1. The van der Waals surface area contributed by atoms with Crippen LogP contribution in [0, 0.1) is 12.1 Å². The highest BCUT2D eigenvalue weighted by molar-refractivity contribution is 6.31. The third kappa shape index (κ3) is 1.48. The molecule has 0 N–H and O–H groups in total. The zero-order valence-corrected chi connectivity index (χ0v) is 8.19. The number of hydrogen-bond donors (Lipinski definition) is 0. The van der Waals surface area contributed by atoms with Gasteiger partial charge in [-0.25, -0.2) is 0 Å². The van der Waals surface area contributed by atoms with Crippen molar-refractivity contribution >= 4 is 11.6 Å². The van der Waals surface area contributed by atoms with Crippen LogP contribution >= 0.6 is 11.6 Å². The topological polar surface area (TPSA) is 45.4 Å². The van der Waals surface area contributed by atoms with Gasteiger partial charge in [-0.1, -0.05) is 11.6 Å². The third-order valence-corrected chi connectivity index (χ3v) is 2.35. The van der Waals surface area contributed by atoms with Gasteiger partial charge in [-0.3, -0.25) is 0 Å². The molecule has 1 aromatic heterocycles. The summed E-state index contributed by atoms with van der Waals surface area (Å²) in [5, 5.41) is 11.7. The normalized spacial score (nSPS) is 15.3. The average molecular weight is 214 g/mol. The summed E-state index contributed by atoms with van der Waals surface area (Å²) in [5.41, 5.74) is 1.06. The number of ether oxygens (including phenoxy) is 2. The Bertz CT molecular complexity index is 361. The van der Waals surface area contributed by atoms with Crippen LogP contribution in [0.15, 0.2) is 24.8 Å². The van der Waals surface area contributed by atoms with E-state index in [-0.39, 0.29) is 0 Å². The predicted octanol–water partition coefficient (Wildman–Crippen LogP) is 1.80. The predicted molar refractivity (Wildman–Crippen MR) is 49.2 cm³/mol.